The van der Waals surface area contributed by atoms with Gasteiger partial charge in [-0.15, -0.1) is 0 Å². The van der Waals surface area contributed by atoms with Crippen molar-refractivity contribution in [1.82, 2.24) is 0 Å². The molecule has 0 heterocycles. The Balaban J connectivity index is 3.03. The molecule has 1 aromatic carbocycles. The fourth-order valence-electron chi connectivity index (χ4n) is 1.25. The van der Waals surface area contributed by atoms with Gasteiger partial charge in [0.05, 0.1) is 5.71 Å². The minimum atomic E-state index is -0.550. The molecule has 0 aromatic heterocycles. The predicted molar refractivity (Wildman–Crippen MR) is 59.9 cm³/mol. The number of amides is 1. The van der Waals surface area contributed by atoms with Crippen LogP contribution in [0.1, 0.15) is 18.1 Å². The number of nitrogens with zero attached hydrogens (tertiary/aromatic N) is 1. The normalized spacial score (nSPS) is 11.2. The number of carbonyl (C=O) groups excluding carboxylic acids is 1. The largest absolute Gasteiger partial charge is 0.483 e. The van der Waals surface area contributed by atoms with Crippen LogP contribution >= 0.6 is 0 Å². The lowest BCUT2D eigenvalue weighted by molar-refractivity contribution is -0.119. The van der Waals surface area contributed by atoms with Crippen LogP contribution in [-0.2, 0) is 4.79 Å². The zero-order chi connectivity index (χ0) is 12.1. The standard InChI is InChI=1S/C11H14N2O3/c1-7-3-4-9(8(2)13-15)10(5-7)16-6-11(12)14/h3-5,15H,6H2,1-2H3,(H2,12,14). The van der Waals surface area contributed by atoms with Crippen LogP contribution in [0.4, 0.5) is 0 Å². The fraction of sp³-hybridized carbons (Fsp3) is 0.273. The molecule has 0 atom stereocenters. The van der Waals surface area contributed by atoms with Gasteiger partial charge in [-0.2, -0.15) is 0 Å². The van der Waals surface area contributed by atoms with Crippen molar-refractivity contribution in [3.8, 4) is 5.75 Å². The second-order valence-corrected chi connectivity index (χ2v) is 3.44. The third-order valence-corrected chi connectivity index (χ3v) is 2.05. The van der Waals surface area contributed by atoms with Crippen molar-refractivity contribution in [2.75, 3.05) is 6.61 Å². The van der Waals surface area contributed by atoms with E-state index in [0.717, 1.165) is 5.56 Å². The average Bonchev–Trinajstić information content (AvgIpc) is 2.25. The van der Waals surface area contributed by atoms with Crippen LogP contribution in [0, 0.1) is 6.92 Å². The number of aryl methyl sites for hydroxylation is 1. The summed E-state index contributed by atoms with van der Waals surface area (Å²) in [5, 5.41) is 11.8. The molecular formula is C11H14N2O3. The van der Waals surface area contributed by atoms with E-state index in [1.165, 1.54) is 0 Å². The van der Waals surface area contributed by atoms with E-state index in [2.05, 4.69) is 5.16 Å². The van der Waals surface area contributed by atoms with Crippen LogP contribution in [0.3, 0.4) is 0 Å². The molecule has 86 valence electrons. The fourth-order valence-corrected chi connectivity index (χ4v) is 1.25. The van der Waals surface area contributed by atoms with Gasteiger partial charge in [0.25, 0.3) is 5.91 Å². The molecule has 1 aromatic rings. The van der Waals surface area contributed by atoms with Crippen LogP contribution in [0.5, 0.6) is 5.75 Å². The first-order valence-corrected chi connectivity index (χ1v) is 4.75. The van der Waals surface area contributed by atoms with E-state index in [1.54, 1.807) is 19.1 Å². The zero-order valence-electron chi connectivity index (χ0n) is 9.23. The van der Waals surface area contributed by atoms with Gasteiger partial charge in [0.15, 0.2) is 6.61 Å². The van der Waals surface area contributed by atoms with Crippen molar-refractivity contribution < 1.29 is 14.7 Å². The summed E-state index contributed by atoms with van der Waals surface area (Å²) in [6.45, 7) is 3.34. The smallest absolute Gasteiger partial charge is 0.255 e. The molecule has 0 fully saturated rings. The highest BCUT2D eigenvalue weighted by Gasteiger charge is 2.08. The molecule has 0 saturated carbocycles. The van der Waals surface area contributed by atoms with Crippen molar-refractivity contribution in [2.45, 2.75) is 13.8 Å². The molecule has 0 unspecified atom stereocenters. The average molecular weight is 222 g/mol. The lowest BCUT2D eigenvalue weighted by Gasteiger charge is -2.10. The summed E-state index contributed by atoms with van der Waals surface area (Å²) < 4.78 is 5.24. The maximum Gasteiger partial charge on any atom is 0.255 e. The van der Waals surface area contributed by atoms with E-state index in [-0.39, 0.29) is 6.61 Å². The molecule has 5 nitrogen and oxygen atoms in total. The molecule has 0 spiro atoms. The molecule has 16 heavy (non-hydrogen) atoms. The van der Waals surface area contributed by atoms with Crippen LogP contribution < -0.4 is 10.5 Å². The number of primary amides is 1. The van der Waals surface area contributed by atoms with Gasteiger partial charge in [0.1, 0.15) is 5.75 Å². The van der Waals surface area contributed by atoms with Crippen LogP contribution in [0.25, 0.3) is 0 Å². The molecule has 0 aliphatic carbocycles. The Morgan fingerprint density at radius 1 is 1.56 bits per heavy atom. The maximum absolute atomic E-state index is 10.6. The summed E-state index contributed by atoms with van der Waals surface area (Å²) in [5.41, 5.74) is 7.02. The number of nitrogens with two attached hydrogens (primary N) is 1. The third-order valence-electron chi connectivity index (χ3n) is 2.05. The summed E-state index contributed by atoms with van der Waals surface area (Å²) in [5.74, 6) is -0.0693. The van der Waals surface area contributed by atoms with Gasteiger partial charge in [0, 0.05) is 5.56 Å². The van der Waals surface area contributed by atoms with E-state index in [4.69, 9.17) is 15.7 Å². The first kappa shape index (κ1) is 12.0. The van der Waals surface area contributed by atoms with Crippen molar-refractivity contribution in [3.05, 3.63) is 29.3 Å². The Morgan fingerprint density at radius 2 is 2.25 bits per heavy atom. The number of ether oxygens (including phenoxy) is 1. The summed E-state index contributed by atoms with van der Waals surface area (Å²) >= 11 is 0. The van der Waals surface area contributed by atoms with E-state index in [1.807, 2.05) is 13.0 Å². The molecule has 0 aliphatic rings. The second kappa shape index (κ2) is 5.16. The lowest BCUT2D eigenvalue weighted by Crippen LogP contribution is -2.20. The predicted octanol–water partition coefficient (Wildman–Crippen LogP) is 1.06. The zero-order valence-corrected chi connectivity index (χ0v) is 9.23. The van der Waals surface area contributed by atoms with Crippen molar-refractivity contribution in [1.29, 1.82) is 0 Å². The van der Waals surface area contributed by atoms with Gasteiger partial charge < -0.3 is 15.7 Å². The summed E-state index contributed by atoms with van der Waals surface area (Å²) in [6, 6.07) is 5.38. The van der Waals surface area contributed by atoms with E-state index in [0.29, 0.717) is 17.0 Å². The highest BCUT2D eigenvalue weighted by molar-refractivity contribution is 6.00. The molecule has 5 heteroatoms. The molecule has 0 aliphatic heterocycles. The van der Waals surface area contributed by atoms with E-state index < -0.39 is 5.91 Å². The SMILES string of the molecule is CC(=NO)c1ccc(C)cc1OCC(N)=O. The minimum absolute atomic E-state index is 0.199. The van der Waals surface area contributed by atoms with E-state index >= 15 is 0 Å². The highest BCUT2D eigenvalue weighted by atomic mass is 16.5. The number of benzene rings is 1. The minimum Gasteiger partial charge on any atom is -0.483 e. The Hall–Kier alpha value is -2.04. The van der Waals surface area contributed by atoms with Gasteiger partial charge in [-0.3, -0.25) is 4.79 Å². The summed E-state index contributed by atoms with van der Waals surface area (Å²) in [6.07, 6.45) is 0. The van der Waals surface area contributed by atoms with Gasteiger partial charge in [-0.25, -0.2) is 0 Å². The van der Waals surface area contributed by atoms with Gasteiger partial charge in [-0.1, -0.05) is 11.2 Å². The van der Waals surface area contributed by atoms with Gasteiger partial charge in [0.2, 0.25) is 0 Å². The number of hydrogen-bond acceptors (Lipinski definition) is 4. The Bertz CT molecular complexity index is 427. The van der Waals surface area contributed by atoms with Crippen LogP contribution in [-0.4, -0.2) is 23.4 Å². The molecule has 1 rings (SSSR count). The lowest BCUT2D eigenvalue weighted by atomic mass is 10.1. The second-order valence-electron chi connectivity index (χ2n) is 3.44. The number of hydrogen-bond donors (Lipinski definition) is 2. The van der Waals surface area contributed by atoms with Crippen molar-refractivity contribution in [3.63, 3.8) is 0 Å². The van der Waals surface area contributed by atoms with Crippen LogP contribution in [0.2, 0.25) is 0 Å². The highest BCUT2D eigenvalue weighted by Crippen LogP contribution is 2.21. The van der Waals surface area contributed by atoms with Crippen LogP contribution in [0.15, 0.2) is 23.4 Å². The monoisotopic (exact) mass is 222 g/mol. The first-order chi connectivity index (χ1) is 7.54. The number of oxime groups is 1. The molecule has 1 amide bonds. The molecular weight excluding hydrogens is 208 g/mol. The third kappa shape index (κ3) is 2.98. The molecule has 0 radical (unpaired) electrons. The summed E-state index contributed by atoms with van der Waals surface area (Å²) in [7, 11) is 0. The molecule has 0 saturated heterocycles. The molecule has 0 bridgehead atoms. The quantitative estimate of drug-likeness (QED) is 0.453. The first-order valence-electron chi connectivity index (χ1n) is 4.75. The molecule has 3 N–H and O–H groups in total. The van der Waals surface area contributed by atoms with Crippen molar-refractivity contribution >= 4 is 11.6 Å². The Morgan fingerprint density at radius 3 is 2.81 bits per heavy atom. The number of rotatable bonds is 4. The Labute approximate surface area is 93.5 Å². The Kier molecular flexibility index (Phi) is 3.88. The number of carbonyl (C=O) groups is 1. The van der Waals surface area contributed by atoms with Crippen molar-refractivity contribution in [2.24, 2.45) is 10.9 Å². The van der Waals surface area contributed by atoms with Gasteiger partial charge in [-0.05, 0) is 31.5 Å². The topological polar surface area (TPSA) is 84.9 Å². The maximum atomic E-state index is 10.6. The summed E-state index contributed by atoms with van der Waals surface area (Å²) in [4.78, 5) is 10.6. The van der Waals surface area contributed by atoms with Gasteiger partial charge >= 0.3 is 0 Å². The van der Waals surface area contributed by atoms with E-state index in [9.17, 15) is 4.79 Å².